The highest BCUT2D eigenvalue weighted by molar-refractivity contribution is 5.93. The van der Waals surface area contributed by atoms with Crippen LogP contribution in [0, 0.1) is 5.92 Å². The third-order valence-corrected chi connectivity index (χ3v) is 5.23. The number of benzene rings is 1. The molecule has 0 bridgehead atoms. The summed E-state index contributed by atoms with van der Waals surface area (Å²) < 4.78 is 0. The summed E-state index contributed by atoms with van der Waals surface area (Å²) in [5.41, 5.74) is 1.74. The highest BCUT2D eigenvalue weighted by Gasteiger charge is 2.25. The predicted octanol–water partition coefficient (Wildman–Crippen LogP) is 2.52. The average Bonchev–Trinajstić information content (AvgIpc) is 2.61. The number of amides is 2. The molecule has 2 rings (SSSR count). The molecule has 0 unspecified atom stereocenters. The summed E-state index contributed by atoms with van der Waals surface area (Å²) in [4.78, 5) is 28.1. The Morgan fingerprint density at radius 1 is 1.08 bits per heavy atom. The molecule has 0 aliphatic heterocycles. The van der Waals surface area contributed by atoms with Crippen LogP contribution in [0.1, 0.15) is 48.5 Å². The van der Waals surface area contributed by atoms with E-state index in [0.717, 1.165) is 24.3 Å². The number of carbonyl (C=O) groups is 2. The topological polar surface area (TPSA) is 52.7 Å². The molecule has 1 aliphatic rings. The van der Waals surface area contributed by atoms with E-state index in [2.05, 4.69) is 12.2 Å². The molecule has 25 heavy (non-hydrogen) atoms. The molecule has 0 spiro atoms. The van der Waals surface area contributed by atoms with Gasteiger partial charge in [0, 0.05) is 32.2 Å². The van der Waals surface area contributed by atoms with Gasteiger partial charge in [0.1, 0.15) is 0 Å². The van der Waals surface area contributed by atoms with Gasteiger partial charge in [-0.05, 0) is 56.3 Å². The van der Waals surface area contributed by atoms with Crippen LogP contribution < -0.4 is 5.32 Å². The van der Waals surface area contributed by atoms with E-state index in [9.17, 15) is 9.59 Å². The number of hydrogen-bond donors (Lipinski definition) is 1. The van der Waals surface area contributed by atoms with Gasteiger partial charge >= 0.3 is 0 Å². The van der Waals surface area contributed by atoms with Crippen LogP contribution in [0.4, 0.5) is 0 Å². The van der Waals surface area contributed by atoms with Crippen LogP contribution in [0.5, 0.6) is 0 Å². The summed E-state index contributed by atoms with van der Waals surface area (Å²) in [6.45, 7) is 3.40. The van der Waals surface area contributed by atoms with E-state index < -0.39 is 0 Å². The van der Waals surface area contributed by atoms with Crippen LogP contribution in [0.25, 0.3) is 0 Å². The van der Waals surface area contributed by atoms with E-state index in [1.54, 1.807) is 7.05 Å². The van der Waals surface area contributed by atoms with Crippen molar-refractivity contribution >= 4 is 11.8 Å². The Bertz CT molecular complexity index is 577. The van der Waals surface area contributed by atoms with Crippen molar-refractivity contribution in [2.45, 2.75) is 45.2 Å². The van der Waals surface area contributed by atoms with Gasteiger partial charge in [-0.2, -0.15) is 0 Å². The zero-order chi connectivity index (χ0) is 18.4. The largest absolute Gasteiger partial charge is 0.355 e. The molecule has 1 aliphatic carbocycles. The number of nitrogens with zero attached hydrogens (tertiary/aromatic N) is 2. The second-order valence-electron chi connectivity index (χ2n) is 7.37. The molecule has 5 heteroatoms. The van der Waals surface area contributed by atoms with Crippen molar-refractivity contribution in [2.75, 3.05) is 27.7 Å². The van der Waals surface area contributed by atoms with E-state index >= 15 is 0 Å². The summed E-state index contributed by atoms with van der Waals surface area (Å²) in [7, 11) is 5.52. The van der Waals surface area contributed by atoms with E-state index in [0.29, 0.717) is 24.7 Å². The summed E-state index contributed by atoms with van der Waals surface area (Å²) >= 11 is 0. The van der Waals surface area contributed by atoms with Gasteiger partial charge in [0.25, 0.3) is 5.91 Å². The van der Waals surface area contributed by atoms with Gasteiger partial charge in [-0.15, -0.1) is 0 Å². The van der Waals surface area contributed by atoms with Crippen LogP contribution in [0.2, 0.25) is 0 Å². The quantitative estimate of drug-likeness (QED) is 0.862. The maximum atomic E-state index is 12.5. The second-order valence-corrected chi connectivity index (χ2v) is 7.37. The van der Waals surface area contributed by atoms with E-state index in [4.69, 9.17) is 0 Å². The minimum absolute atomic E-state index is 0.0847. The molecule has 0 atom stereocenters. The maximum absolute atomic E-state index is 12.5. The van der Waals surface area contributed by atoms with Gasteiger partial charge in [0.2, 0.25) is 5.91 Å². The lowest BCUT2D eigenvalue weighted by molar-refractivity contribution is -0.133. The van der Waals surface area contributed by atoms with Crippen molar-refractivity contribution < 1.29 is 9.59 Å². The van der Waals surface area contributed by atoms with Crippen molar-refractivity contribution in [2.24, 2.45) is 5.92 Å². The Labute approximate surface area is 151 Å². The monoisotopic (exact) mass is 345 g/mol. The van der Waals surface area contributed by atoms with Gasteiger partial charge < -0.3 is 10.2 Å². The predicted molar refractivity (Wildman–Crippen MR) is 100 cm³/mol. The molecule has 138 valence electrons. The fourth-order valence-corrected chi connectivity index (χ4v) is 3.45. The molecule has 0 radical (unpaired) electrons. The standard InChI is InChI=1S/C20H31N3O2/c1-15-5-11-18(12-6-15)23(4)19(24)14-22(3)13-16-7-9-17(10-8-16)20(25)21-2/h7-10,15,18H,5-6,11-14H2,1-4H3,(H,21,25). The Morgan fingerprint density at radius 3 is 2.24 bits per heavy atom. The number of nitrogens with one attached hydrogen (secondary N) is 1. The Balaban J connectivity index is 1.83. The summed E-state index contributed by atoms with van der Waals surface area (Å²) in [5.74, 6) is 0.891. The van der Waals surface area contributed by atoms with Gasteiger partial charge in [0.15, 0.2) is 0 Å². The van der Waals surface area contributed by atoms with Crippen molar-refractivity contribution in [1.29, 1.82) is 0 Å². The Morgan fingerprint density at radius 2 is 1.68 bits per heavy atom. The number of rotatable bonds is 6. The first-order chi connectivity index (χ1) is 11.9. The number of likely N-dealkylation sites (N-methyl/N-ethyl adjacent to an activating group) is 2. The zero-order valence-electron chi connectivity index (χ0n) is 15.9. The molecule has 5 nitrogen and oxygen atoms in total. The maximum Gasteiger partial charge on any atom is 0.251 e. The molecule has 2 amide bonds. The first-order valence-corrected chi connectivity index (χ1v) is 9.16. The van der Waals surface area contributed by atoms with Gasteiger partial charge in [-0.1, -0.05) is 19.1 Å². The van der Waals surface area contributed by atoms with Crippen molar-refractivity contribution in [3.8, 4) is 0 Å². The summed E-state index contributed by atoms with van der Waals surface area (Å²) in [5, 5.41) is 2.61. The Hall–Kier alpha value is -1.88. The molecule has 1 N–H and O–H groups in total. The second kappa shape index (κ2) is 8.99. The first kappa shape index (κ1) is 19.4. The first-order valence-electron chi connectivity index (χ1n) is 9.16. The van der Waals surface area contributed by atoms with Crippen molar-refractivity contribution in [1.82, 2.24) is 15.1 Å². The number of carbonyl (C=O) groups excluding carboxylic acids is 2. The average molecular weight is 345 g/mol. The molecule has 1 fully saturated rings. The fraction of sp³-hybridized carbons (Fsp3) is 0.600. The molecule has 0 heterocycles. The van der Waals surface area contributed by atoms with Crippen LogP contribution in [-0.4, -0.2) is 55.3 Å². The van der Waals surface area contributed by atoms with Crippen molar-refractivity contribution in [3.63, 3.8) is 0 Å². The highest BCUT2D eigenvalue weighted by Crippen LogP contribution is 2.26. The third kappa shape index (κ3) is 5.56. The Kier molecular flexibility index (Phi) is 7.00. The number of hydrogen-bond acceptors (Lipinski definition) is 3. The lowest BCUT2D eigenvalue weighted by Crippen LogP contribution is -2.43. The SMILES string of the molecule is CNC(=O)c1ccc(CN(C)CC(=O)N(C)C2CCC(C)CC2)cc1. The van der Waals surface area contributed by atoms with Crippen LogP contribution in [-0.2, 0) is 11.3 Å². The summed E-state index contributed by atoms with van der Waals surface area (Å²) in [6, 6.07) is 7.91. The van der Waals surface area contributed by atoms with Gasteiger partial charge in [0.05, 0.1) is 6.54 Å². The minimum atomic E-state index is -0.0847. The molecular weight excluding hydrogens is 314 g/mol. The van der Waals surface area contributed by atoms with Crippen LogP contribution >= 0.6 is 0 Å². The van der Waals surface area contributed by atoms with Gasteiger partial charge in [-0.3, -0.25) is 14.5 Å². The van der Waals surface area contributed by atoms with E-state index in [1.807, 2.05) is 48.2 Å². The molecule has 0 saturated heterocycles. The highest BCUT2D eigenvalue weighted by atomic mass is 16.2. The zero-order valence-corrected chi connectivity index (χ0v) is 15.9. The van der Waals surface area contributed by atoms with E-state index in [-0.39, 0.29) is 11.8 Å². The minimum Gasteiger partial charge on any atom is -0.355 e. The van der Waals surface area contributed by atoms with Crippen LogP contribution in [0.3, 0.4) is 0 Å². The summed E-state index contributed by atoms with van der Waals surface area (Å²) in [6.07, 6.45) is 4.67. The lowest BCUT2D eigenvalue weighted by Gasteiger charge is -2.34. The van der Waals surface area contributed by atoms with Crippen molar-refractivity contribution in [3.05, 3.63) is 35.4 Å². The lowest BCUT2D eigenvalue weighted by atomic mass is 9.87. The molecular formula is C20H31N3O2. The van der Waals surface area contributed by atoms with Gasteiger partial charge in [-0.25, -0.2) is 0 Å². The normalized spacial score (nSPS) is 20.4. The smallest absolute Gasteiger partial charge is 0.251 e. The van der Waals surface area contributed by atoms with Crippen LogP contribution in [0.15, 0.2) is 24.3 Å². The van der Waals surface area contributed by atoms with E-state index in [1.165, 1.54) is 12.8 Å². The molecule has 1 aromatic rings. The fourth-order valence-electron chi connectivity index (χ4n) is 3.45. The molecule has 0 aromatic heterocycles. The third-order valence-electron chi connectivity index (χ3n) is 5.23. The molecule has 1 saturated carbocycles. The molecule has 1 aromatic carbocycles.